The van der Waals surface area contributed by atoms with E-state index in [4.69, 9.17) is 21.3 Å². The van der Waals surface area contributed by atoms with Gasteiger partial charge in [0.15, 0.2) is 10.9 Å². The van der Waals surface area contributed by atoms with Crippen LogP contribution >= 0.6 is 19.8 Å². The molecule has 0 radical (unpaired) electrons. The van der Waals surface area contributed by atoms with E-state index in [1.807, 2.05) is 73.7 Å². The second kappa shape index (κ2) is 10.1. The number of nitrogens with one attached hydrogen (secondary N) is 2. The minimum atomic E-state index is -3.67. The van der Waals surface area contributed by atoms with E-state index in [9.17, 15) is 4.57 Å². The van der Waals surface area contributed by atoms with Crippen LogP contribution in [0, 0.1) is 0 Å². The van der Waals surface area contributed by atoms with Gasteiger partial charge in [-0.15, -0.1) is 0 Å². The molecule has 0 spiro atoms. The zero-order valence-corrected chi connectivity index (χ0v) is 17.7. The van der Waals surface area contributed by atoms with E-state index in [1.165, 1.54) is 0 Å². The lowest BCUT2D eigenvalue weighted by Crippen LogP contribution is -2.39. The lowest BCUT2D eigenvalue weighted by atomic mass is 10.3. The molecule has 0 heterocycles. The molecule has 0 aliphatic carbocycles. The topological polar surface area (TPSA) is 59.6 Å². The molecule has 3 rings (SSSR count). The van der Waals surface area contributed by atoms with E-state index < -0.39 is 13.4 Å². The summed E-state index contributed by atoms with van der Waals surface area (Å²) in [5, 5.41) is 6.54. The third-order valence-electron chi connectivity index (χ3n) is 4.05. The summed E-state index contributed by atoms with van der Waals surface area (Å²) < 4.78 is 25.7. The Hall–Kier alpha value is -2.82. The van der Waals surface area contributed by atoms with Crippen molar-refractivity contribution < 1.29 is 13.6 Å². The molecule has 0 bridgehead atoms. The standard InChI is InChI=1S/C22H23N2O3PS/c1-2-21(24-22(29)23-18-12-6-3-7-13-18)28(25,26-19-14-8-4-9-15-19)27-20-16-10-5-11-17-20/h3-17,21H,2H2,1H3,(H2,23,24,29). The molecular weight excluding hydrogens is 403 g/mol. The van der Waals surface area contributed by atoms with Crippen molar-refractivity contribution in [3.8, 4) is 11.5 Å². The fraction of sp³-hybridized carbons (Fsp3) is 0.136. The van der Waals surface area contributed by atoms with E-state index in [0.717, 1.165) is 5.69 Å². The largest absolute Gasteiger partial charge is 0.452 e. The second-order valence-electron chi connectivity index (χ2n) is 6.24. The number of hydrogen-bond acceptors (Lipinski definition) is 4. The van der Waals surface area contributed by atoms with Crippen molar-refractivity contribution in [2.24, 2.45) is 0 Å². The van der Waals surface area contributed by atoms with Gasteiger partial charge in [-0.3, -0.25) is 0 Å². The van der Waals surface area contributed by atoms with Gasteiger partial charge in [0.25, 0.3) is 0 Å². The average molecular weight is 426 g/mol. The maximum absolute atomic E-state index is 13.9. The van der Waals surface area contributed by atoms with E-state index in [0.29, 0.717) is 23.0 Å². The summed E-state index contributed by atoms with van der Waals surface area (Å²) in [6.45, 7) is 1.90. The average Bonchev–Trinajstić information content (AvgIpc) is 2.74. The highest BCUT2D eigenvalue weighted by Crippen LogP contribution is 2.52. The molecule has 1 atom stereocenters. The van der Waals surface area contributed by atoms with E-state index >= 15 is 0 Å². The summed E-state index contributed by atoms with van der Waals surface area (Å²) in [6, 6.07) is 27.5. The van der Waals surface area contributed by atoms with Gasteiger partial charge < -0.3 is 19.7 Å². The molecule has 0 aliphatic heterocycles. The van der Waals surface area contributed by atoms with Crippen LogP contribution in [0.1, 0.15) is 13.3 Å². The smallest absolute Gasteiger partial charge is 0.415 e. The summed E-state index contributed by atoms with van der Waals surface area (Å²) in [6.07, 6.45) is 0.480. The molecule has 150 valence electrons. The minimum Gasteiger partial charge on any atom is -0.415 e. The van der Waals surface area contributed by atoms with Crippen LogP contribution in [-0.4, -0.2) is 10.9 Å². The van der Waals surface area contributed by atoms with E-state index in [-0.39, 0.29) is 0 Å². The third kappa shape index (κ3) is 6.08. The predicted octanol–water partition coefficient (Wildman–Crippen LogP) is 6.06. The Labute approximate surface area is 176 Å². The van der Waals surface area contributed by atoms with Gasteiger partial charge in [-0.05, 0) is 55.0 Å². The molecule has 0 amide bonds. The Morgan fingerprint density at radius 1 is 0.862 bits per heavy atom. The molecule has 0 saturated carbocycles. The Kier molecular flexibility index (Phi) is 7.28. The van der Waals surface area contributed by atoms with Crippen molar-refractivity contribution in [3.05, 3.63) is 91.0 Å². The Morgan fingerprint density at radius 2 is 1.31 bits per heavy atom. The van der Waals surface area contributed by atoms with E-state index in [2.05, 4.69) is 10.6 Å². The SMILES string of the molecule is CCC(NC(=S)Nc1ccccc1)P(=O)(Oc1ccccc1)Oc1ccccc1. The van der Waals surface area contributed by atoms with Crippen LogP contribution in [0.5, 0.6) is 11.5 Å². The third-order valence-corrected chi connectivity index (χ3v) is 6.46. The monoisotopic (exact) mass is 426 g/mol. The van der Waals surface area contributed by atoms with Crippen LogP contribution in [-0.2, 0) is 4.57 Å². The number of hydrogen-bond donors (Lipinski definition) is 2. The molecule has 29 heavy (non-hydrogen) atoms. The van der Waals surface area contributed by atoms with Crippen molar-refractivity contribution in [2.45, 2.75) is 19.1 Å². The van der Waals surface area contributed by atoms with Crippen LogP contribution in [0.15, 0.2) is 91.0 Å². The number of rotatable bonds is 8. The first-order valence-corrected chi connectivity index (χ1v) is 11.3. The van der Waals surface area contributed by atoms with Gasteiger partial charge in [-0.25, -0.2) is 4.57 Å². The van der Waals surface area contributed by atoms with Gasteiger partial charge in [0.2, 0.25) is 0 Å². The molecule has 0 saturated heterocycles. The first kappa shape index (κ1) is 20.9. The van der Waals surface area contributed by atoms with E-state index in [1.54, 1.807) is 24.3 Å². The summed E-state index contributed by atoms with van der Waals surface area (Å²) in [5.74, 6) is 0.287. The van der Waals surface area contributed by atoms with Gasteiger partial charge in [0, 0.05) is 5.69 Å². The summed E-state index contributed by atoms with van der Waals surface area (Å²) in [4.78, 5) is 0. The summed E-state index contributed by atoms with van der Waals surface area (Å²) >= 11 is 5.42. The summed E-state index contributed by atoms with van der Waals surface area (Å²) in [5.41, 5.74) is 0.836. The molecule has 7 heteroatoms. The van der Waals surface area contributed by atoms with Crippen LogP contribution in [0.4, 0.5) is 5.69 Å². The summed E-state index contributed by atoms with van der Waals surface area (Å²) in [7, 11) is -3.67. The molecule has 0 aromatic heterocycles. The highest BCUT2D eigenvalue weighted by molar-refractivity contribution is 7.80. The molecule has 2 N–H and O–H groups in total. The Balaban J connectivity index is 1.81. The second-order valence-corrected chi connectivity index (χ2v) is 8.71. The highest BCUT2D eigenvalue weighted by Gasteiger charge is 2.39. The zero-order chi connectivity index (χ0) is 20.5. The lowest BCUT2D eigenvalue weighted by molar-refractivity contribution is 0.365. The van der Waals surface area contributed by atoms with Crippen molar-refractivity contribution in [1.82, 2.24) is 5.32 Å². The van der Waals surface area contributed by atoms with Gasteiger partial charge in [-0.2, -0.15) is 0 Å². The van der Waals surface area contributed by atoms with Gasteiger partial charge >= 0.3 is 7.60 Å². The van der Waals surface area contributed by atoms with Gasteiger partial charge in [0.1, 0.15) is 11.5 Å². The van der Waals surface area contributed by atoms with Crippen LogP contribution < -0.4 is 19.7 Å². The molecule has 5 nitrogen and oxygen atoms in total. The van der Waals surface area contributed by atoms with Crippen LogP contribution in [0.25, 0.3) is 0 Å². The van der Waals surface area contributed by atoms with Crippen molar-refractivity contribution in [2.75, 3.05) is 5.32 Å². The van der Waals surface area contributed by atoms with Gasteiger partial charge in [0.05, 0.1) is 0 Å². The number of anilines is 1. The maximum Gasteiger partial charge on any atom is 0.452 e. The quantitative estimate of drug-likeness (QED) is 0.337. The van der Waals surface area contributed by atoms with Gasteiger partial charge in [-0.1, -0.05) is 61.5 Å². The molecule has 3 aromatic carbocycles. The number of benzene rings is 3. The minimum absolute atomic E-state index is 0.344. The zero-order valence-electron chi connectivity index (χ0n) is 16.0. The molecule has 1 unspecified atom stereocenters. The lowest BCUT2D eigenvalue weighted by Gasteiger charge is -2.28. The molecule has 3 aromatic rings. The first-order chi connectivity index (χ1) is 14.1. The molecule has 0 fully saturated rings. The van der Waals surface area contributed by atoms with Crippen molar-refractivity contribution in [3.63, 3.8) is 0 Å². The first-order valence-electron chi connectivity index (χ1n) is 9.30. The maximum atomic E-state index is 13.9. The molecule has 0 aliphatic rings. The fourth-order valence-electron chi connectivity index (χ4n) is 2.65. The number of thiocarbonyl (C=S) groups is 1. The normalized spacial score (nSPS) is 11.9. The molecular formula is C22H23N2O3PS. The van der Waals surface area contributed by atoms with Crippen LogP contribution in [0.2, 0.25) is 0 Å². The number of para-hydroxylation sites is 3. The fourth-order valence-corrected chi connectivity index (χ4v) is 4.85. The van der Waals surface area contributed by atoms with Crippen molar-refractivity contribution >= 4 is 30.6 Å². The highest BCUT2D eigenvalue weighted by atomic mass is 32.1. The predicted molar refractivity (Wildman–Crippen MR) is 122 cm³/mol. The van der Waals surface area contributed by atoms with Crippen LogP contribution in [0.3, 0.4) is 0 Å². The Morgan fingerprint density at radius 3 is 1.76 bits per heavy atom. The van der Waals surface area contributed by atoms with Crippen molar-refractivity contribution in [1.29, 1.82) is 0 Å². The Bertz CT molecular complexity index is 910.